The van der Waals surface area contributed by atoms with Crippen LogP contribution in [0.25, 0.3) is 0 Å². The number of rotatable bonds is 2. The van der Waals surface area contributed by atoms with E-state index in [-0.39, 0.29) is 6.09 Å². The van der Waals surface area contributed by atoms with Crippen LogP contribution in [0.4, 0.5) is 25.0 Å². The van der Waals surface area contributed by atoms with Crippen molar-refractivity contribution in [3.05, 3.63) is 23.8 Å². The van der Waals surface area contributed by atoms with Crippen molar-refractivity contribution in [1.82, 2.24) is 4.90 Å². The molecule has 2 aliphatic rings. The fraction of sp³-hybridized carbons (Fsp3) is 0.632. The van der Waals surface area contributed by atoms with Crippen LogP contribution in [-0.2, 0) is 15.9 Å². The fourth-order valence-electron chi connectivity index (χ4n) is 3.35. The Labute approximate surface area is 167 Å². The van der Waals surface area contributed by atoms with Crippen LogP contribution in [0.2, 0.25) is 0 Å². The van der Waals surface area contributed by atoms with E-state index < -0.39 is 28.4 Å². The molecule has 0 aromatic heterocycles. The summed E-state index contributed by atoms with van der Waals surface area (Å²) in [5.41, 5.74) is 0.0965. The number of nitrogens with zero attached hydrogens (tertiary/aromatic N) is 3. The smallest absolute Gasteiger partial charge is 0.410 e. The number of piperazine rings is 1. The summed E-state index contributed by atoms with van der Waals surface area (Å²) in [5.74, 6) is -0.254. The zero-order valence-corrected chi connectivity index (χ0v) is 17.4. The number of carbonyl (C=O) groups is 1. The van der Waals surface area contributed by atoms with Crippen LogP contribution < -0.4 is 9.80 Å². The average Bonchev–Trinajstić information content (AvgIpc) is 2.62. The van der Waals surface area contributed by atoms with Gasteiger partial charge in [-0.2, -0.15) is 0 Å². The molecule has 0 atom stereocenters. The Morgan fingerprint density at radius 1 is 0.964 bits per heavy atom. The van der Waals surface area contributed by atoms with Gasteiger partial charge in [0.25, 0.3) is 0 Å². The molecule has 156 valence electrons. The first-order chi connectivity index (χ1) is 13.1. The Kier molecular flexibility index (Phi) is 6.24. The lowest BCUT2D eigenvalue weighted by Crippen LogP contribution is -2.50. The maximum Gasteiger partial charge on any atom is 0.410 e. The number of hydrogen-bond donors (Lipinski definition) is 0. The van der Waals surface area contributed by atoms with Crippen molar-refractivity contribution in [1.29, 1.82) is 0 Å². The number of ether oxygens (including phenoxy) is 1. The molecule has 2 heterocycles. The van der Waals surface area contributed by atoms with Crippen LogP contribution in [0.15, 0.2) is 12.1 Å². The third-order valence-corrected chi connectivity index (χ3v) is 6.08. The second kappa shape index (κ2) is 8.32. The van der Waals surface area contributed by atoms with Crippen LogP contribution in [0.3, 0.4) is 0 Å². The number of halogens is 2. The Bertz CT molecular complexity index is 713. The van der Waals surface area contributed by atoms with Crippen molar-refractivity contribution in [2.75, 3.05) is 60.6 Å². The summed E-state index contributed by atoms with van der Waals surface area (Å²) in [4.78, 5) is 17.4. The van der Waals surface area contributed by atoms with Gasteiger partial charge in [0, 0.05) is 32.2 Å². The number of benzene rings is 1. The maximum atomic E-state index is 14.5. The minimum Gasteiger partial charge on any atom is -0.616 e. The Morgan fingerprint density at radius 3 is 1.96 bits per heavy atom. The lowest BCUT2D eigenvalue weighted by atomic mass is 10.2. The minimum atomic E-state index is -0.869. The van der Waals surface area contributed by atoms with Crippen molar-refractivity contribution < 1.29 is 22.9 Å². The Morgan fingerprint density at radius 2 is 1.46 bits per heavy atom. The highest BCUT2D eigenvalue weighted by Gasteiger charge is 2.28. The highest BCUT2D eigenvalue weighted by molar-refractivity contribution is 7.91. The summed E-state index contributed by atoms with van der Waals surface area (Å²) < 4.78 is 45.8. The molecule has 2 fully saturated rings. The normalized spacial score (nSPS) is 19.1. The summed E-state index contributed by atoms with van der Waals surface area (Å²) >= 11 is -0.869. The molecule has 2 aliphatic heterocycles. The van der Waals surface area contributed by atoms with Gasteiger partial charge in [0.2, 0.25) is 0 Å². The van der Waals surface area contributed by atoms with Gasteiger partial charge in [-0.1, -0.05) is 11.2 Å². The molecule has 0 N–H and O–H groups in total. The molecule has 0 aliphatic carbocycles. The van der Waals surface area contributed by atoms with Gasteiger partial charge in [-0.05, 0) is 26.8 Å². The maximum absolute atomic E-state index is 14.5. The molecular formula is C19H27F2N3O3S. The molecule has 0 saturated carbocycles. The summed E-state index contributed by atoms with van der Waals surface area (Å²) in [6, 6.07) is 2.44. The van der Waals surface area contributed by atoms with Gasteiger partial charge in [0.1, 0.15) is 28.7 Å². The predicted octanol–water partition coefficient (Wildman–Crippen LogP) is 2.59. The molecule has 28 heavy (non-hydrogen) atoms. The molecule has 0 spiro atoms. The van der Waals surface area contributed by atoms with Gasteiger partial charge in [0.05, 0.1) is 24.5 Å². The van der Waals surface area contributed by atoms with E-state index in [0.717, 1.165) is 6.07 Å². The molecule has 9 heteroatoms. The molecule has 0 radical (unpaired) electrons. The Hall–Kier alpha value is -1.74. The van der Waals surface area contributed by atoms with E-state index in [4.69, 9.17) is 4.74 Å². The van der Waals surface area contributed by atoms with Crippen LogP contribution in [-0.4, -0.2) is 71.9 Å². The van der Waals surface area contributed by atoms with Crippen LogP contribution in [0, 0.1) is 11.6 Å². The molecule has 1 amide bonds. The van der Waals surface area contributed by atoms with E-state index in [1.165, 1.54) is 6.07 Å². The first-order valence-electron chi connectivity index (χ1n) is 9.46. The molecular weight excluding hydrogens is 388 g/mol. The first kappa shape index (κ1) is 21.0. The highest BCUT2D eigenvalue weighted by Crippen LogP contribution is 2.30. The van der Waals surface area contributed by atoms with Gasteiger partial charge in [-0.3, -0.25) is 0 Å². The quantitative estimate of drug-likeness (QED) is 0.695. The average molecular weight is 416 g/mol. The summed E-state index contributed by atoms with van der Waals surface area (Å²) in [5, 5.41) is 0. The van der Waals surface area contributed by atoms with Crippen molar-refractivity contribution in [2.24, 2.45) is 0 Å². The number of hydrogen-bond acceptors (Lipinski definition) is 5. The second-order valence-corrected chi connectivity index (χ2v) is 9.74. The number of anilines is 2. The van der Waals surface area contributed by atoms with Crippen LogP contribution in [0.1, 0.15) is 20.8 Å². The van der Waals surface area contributed by atoms with Crippen molar-refractivity contribution in [3.63, 3.8) is 0 Å². The minimum absolute atomic E-state index is 0.326. The first-order valence-corrected chi connectivity index (χ1v) is 10.9. The standard InChI is InChI=1S/C19H27F2N3O3S/c1-19(2,3)27-18(25)24-6-4-22(5-7-24)16-13-17(15(21)12-14(16)20)23-8-10-28(26)11-9-23/h12-13H,4-11H2,1-3H3. The van der Waals surface area contributed by atoms with E-state index in [0.29, 0.717) is 62.1 Å². The van der Waals surface area contributed by atoms with Crippen molar-refractivity contribution in [3.8, 4) is 0 Å². The summed E-state index contributed by atoms with van der Waals surface area (Å²) in [6.45, 7) is 8.10. The predicted molar refractivity (Wildman–Crippen MR) is 106 cm³/mol. The monoisotopic (exact) mass is 415 g/mol. The zero-order valence-electron chi connectivity index (χ0n) is 16.5. The summed E-state index contributed by atoms with van der Waals surface area (Å²) in [6.07, 6.45) is -0.381. The second-order valence-electron chi connectivity index (χ2n) is 8.04. The van der Waals surface area contributed by atoms with E-state index in [9.17, 15) is 18.1 Å². The highest BCUT2D eigenvalue weighted by atomic mass is 32.2. The number of carbonyl (C=O) groups excluding carboxylic acids is 1. The van der Waals surface area contributed by atoms with Crippen molar-refractivity contribution in [2.45, 2.75) is 26.4 Å². The van der Waals surface area contributed by atoms with Crippen LogP contribution >= 0.6 is 0 Å². The molecule has 0 unspecified atom stereocenters. The van der Waals surface area contributed by atoms with Gasteiger partial charge >= 0.3 is 6.09 Å². The van der Waals surface area contributed by atoms with Crippen LogP contribution in [0.5, 0.6) is 0 Å². The van der Waals surface area contributed by atoms with E-state index in [1.54, 1.807) is 4.90 Å². The van der Waals surface area contributed by atoms with Gasteiger partial charge in [-0.15, -0.1) is 0 Å². The molecule has 1 aromatic rings. The lowest BCUT2D eigenvalue weighted by molar-refractivity contribution is 0.0240. The topological polar surface area (TPSA) is 59.1 Å². The Balaban J connectivity index is 1.69. The molecule has 6 nitrogen and oxygen atoms in total. The van der Waals surface area contributed by atoms with Gasteiger partial charge in [0.15, 0.2) is 0 Å². The van der Waals surface area contributed by atoms with Gasteiger partial charge in [-0.25, -0.2) is 13.6 Å². The molecule has 2 saturated heterocycles. The lowest BCUT2D eigenvalue weighted by Gasteiger charge is -2.37. The third kappa shape index (κ3) is 5.00. The zero-order chi connectivity index (χ0) is 20.5. The van der Waals surface area contributed by atoms with Crippen molar-refractivity contribution >= 4 is 28.6 Å². The third-order valence-electron chi connectivity index (χ3n) is 4.81. The van der Waals surface area contributed by atoms with E-state index >= 15 is 0 Å². The molecule has 1 aromatic carbocycles. The molecule has 3 rings (SSSR count). The largest absolute Gasteiger partial charge is 0.616 e. The SMILES string of the molecule is CC(C)(C)OC(=O)N1CCN(c2cc(N3CC[S+]([O-])CC3)c(F)cc2F)CC1. The fourth-order valence-corrected chi connectivity index (χ4v) is 4.40. The van der Waals surface area contributed by atoms with E-state index in [1.807, 2.05) is 30.6 Å². The molecule has 0 bridgehead atoms. The summed E-state index contributed by atoms with van der Waals surface area (Å²) in [7, 11) is 0. The van der Waals surface area contributed by atoms with E-state index in [2.05, 4.69) is 0 Å². The number of amides is 1. The van der Waals surface area contributed by atoms with Gasteiger partial charge < -0.3 is 24.0 Å².